The molecule has 0 radical (unpaired) electrons. The van der Waals surface area contributed by atoms with E-state index in [2.05, 4.69) is 238 Å². The Labute approximate surface area is 705 Å². The number of rotatable bonds is 48. The number of hydrogen-bond donors (Lipinski definition) is 0. The zero-order chi connectivity index (χ0) is 86.6. The molecule has 4 aromatic rings. The Balaban J connectivity index is 1.80. The first-order valence-corrected chi connectivity index (χ1v) is 54.9. The molecule has 0 unspecified atom stereocenters. The third-order valence-electron chi connectivity index (χ3n) is 24.1. The second-order valence-corrected chi connectivity index (χ2v) is 57.1. The van der Waals surface area contributed by atoms with Gasteiger partial charge in [-0.15, -0.1) is 0 Å². The first-order valence-electron chi connectivity index (χ1n) is 43.2. The fraction of sp³-hybridized carbons (Fsp3) is 0.625. The normalized spacial score (nSPS) is 13.0. The third-order valence-corrected chi connectivity index (χ3v) is 42.3. The van der Waals surface area contributed by atoms with E-state index in [-0.39, 0.29) is 73.0 Å². The molecular formula is C96H152O16Si4. The number of ether oxygens (including phenoxy) is 8. The highest BCUT2D eigenvalue weighted by Gasteiger charge is 2.41. The lowest BCUT2D eigenvalue weighted by Crippen LogP contribution is -2.41. The number of carbonyl (C=O) groups is 4. The van der Waals surface area contributed by atoms with Gasteiger partial charge in [-0.25, -0.2) is 19.2 Å². The maximum absolute atomic E-state index is 13.9. The van der Waals surface area contributed by atoms with Gasteiger partial charge in [0.05, 0.1) is 0 Å². The predicted octanol–water partition coefficient (Wildman–Crippen LogP) is 23.3. The quantitative estimate of drug-likeness (QED) is 0.0118. The van der Waals surface area contributed by atoms with E-state index in [0.717, 1.165) is 144 Å². The van der Waals surface area contributed by atoms with Crippen LogP contribution in [0.15, 0.2) is 97.1 Å². The smallest absolute Gasteiger partial charge is 0.333 e. The molecule has 0 fully saturated rings. The molecule has 5 rings (SSSR count). The number of carbonyl (C=O) groups excluding carboxylic acids is 4. The standard InChI is InChI=1S/C96H152O16Si4/c1-29-33-37-73-57-77-65-79-59-74(38-34-30-2)61-81(86(79)102-50-54-106-90(98)70(6)42-46-110-114(23,24)94(12,13)14)67-83-63-76(40-36-32-4)64-84(88(83)104-52-56-108-92(100)72(8)44-48-112-116(27,28)96(18,19)20)68-82-62-75(39-35-31-3)60-80(87(82)103-51-55-107-91(99)71(7)43-47-111-115(25,26)95(15,16)17)66-78(58-73)85(77)101-49-53-105-89(97)69(5)41-45-109-113(21,22)93(9,10)11/h57-64H,5-8,29-56,65-68H2,1-4,9-28H3. The third kappa shape index (κ3) is 31.3. The Kier molecular flexibility index (Phi) is 39.6. The SMILES string of the molecule is C=C(CCO[Si](C)(C)C(C)(C)C)C(=O)OCCOc1c2cc(CCCC)cc1Cc1cc(CCCC)cc(c1OCCOC(=O)C(=C)CCO[Si](C)(C)C(C)(C)C)Cc1cc(CCCC)cc(c1OCCOC(=O)C(=C)CCO[Si](C)(C)C(C)(C)C)Cc1cc(CCCC)cc(c1OCCOC(=O)C(=C)CCO[Si](C)(C)C(C)(C)C)C2. The summed E-state index contributed by atoms with van der Waals surface area (Å²) >= 11 is 0. The molecule has 0 saturated carbocycles. The first-order chi connectivity index (χ1) is 54.2. The topological polar surface area (TPSA) is 179 Å². The van der Waals surface area contributed by atoms with Crippen LogP contribution < -0.4 is 18.9 Å². The van der Waals surface area contributed by atoms with Gasteiger partial charge < -0.3 is 55.6 Å². The lowest BCUT2D eigenvalue weighted by molar-refractivity contribution is -0.140. The lowest BCUT2D eigenvalue weighted by Gasteiger charge is -2.36. The van der Waals surface area contributed by atoms with Gasteiger partial charge in [0, 0.05) is 100 Å². The van der Waals surface area contributed by atoms with E-state index in [1.807, 2.05) is 0 Å². The van der Waals surface area contributed by atoms with Gasteiger partial charge >= 0.3 is 23.9 Å². The van der Waals surface area contributed by atoms with Crippen LogP contribution in [-0.4, -0.2) is 136 Å². The molecule has 116 heavy (non-hydrogen) atoms. The molecule has 0 atom stereocenters. The highest BCUT2D eigenvalue weighted by Crippen LogP contribution is 2.44. The van der Waals surface area contributed by atoms with E-state index in [1.165, 1.54) is 0 Å². The van der Waals surface area contributed by atoms with Gasteiger partial charge in [0.1, 0.15) is 75.9 Å². The van der Waals surface area contributed by atoms with E-state index in [1.54, 1.807) is 0 Å². The molecule has 0 aliphatic heterocycles. The molecule has 0 heterocycles. The van der Waals surface area contributed by atoms with Gasteiger partial charge in [-0.3, -0.25) is 0 Å². The van der Waals surface area contributed by atoms with Gasteiger partial charge in [-0.1, -0.05) is 211 Å². The Hall–Kier alpha value is -6.37. The Morgan fingerprint density at radius 1 is 0.284 bits per heavy atom. The highest BCUT2D eigenvalue weighted by atomic mass is 28.4. The number of unbranched alkanes of at least 4 members (excludes halogenated alkanes) is 4. The molecule has 0 spiro atoms. The van der Waals surface area contributed by atoms with Crippen LogP contribution >= 0.6 is 0 Å². The van der Waals surface area contributed by atoms with E-state index >= 15 is 0 Å². The number of esters is 4. The summed E-state index contributed by atoms with van der Waals surface area (Å²) in [5.41, 5.74) is 13.1. The molecule has 16 nitrogen and oxygen atoms in total. The number of aryl methyl sites for hydroxylation is 4. The molecular weight excluding hydrogens is 1520 g/mol. The summed E-state index contributed by atoms with van der Waals surface area (Å²) in [6.45, 7) is 70.7. The predicted molar refractivity (Wildman–Crippen MR) is 485 cm³/mol. The summed E-state index contributed by atoms with van der Waals surface area (Å²) < 4.78 is 78.7. The van der Waals surface area contributed by atoms with E-state index in [0.29, 0.717) is 123 Å². The Morgan fingerprint density at radius 3 is 0.595 bits per heavy atom. The summed E-state index contributed by atoms with van der Waals surface area (Å²) in [6.07, 6.45) is 13.6. The first kappa shape index (κ1) is 100. The molecule has 1 aliphatic rings. The molecule has 0 N–H and O–H groups in total. The van der Waals surface area contributed by atoms with Crippen LogP contribution in [0.3, 0.4) is 0 Å². The van der Waals surface area contributed by atoms with Gasteiger partial charge in [0.15, 0.2) is 33.3 Å². The minimum Gasteiger partial charge on any atom is -0.489 e. The summed E-state index contributed by atoms with van der Waals surface area (Å²) in [4.78, 5) is 55.4. The molecule has 1 aliphatic carbocycles. The number of hydrogen-bond acceptors (Lipinski definition) is 16. The van der Waals surface area contributed by atoms with Crippen molar-refractivity contribution in [1.82, 2.24) is 0 Å². The van der Waals surface area contributed by atoms with Crippen LogP contribution in [-0.2, 0) is 107 Å². The van der Waals surface area contributed by atoms with Crippen LogP contribution in [0, 0.1) is 0 Å². The largest absolute Gasteiger partial charge is 0.489 e. The van der Waals surface area contributed by atoms with Gasteiger partial charge in [0.25, 0.3) is 0 Å². The summed E-state index contributed by atoms with van der Waals surface area (Å²) in [6, 6.07) is 18.1. The van der Waals surface area contributed by atoms with Crippen molar-refractivity contribution in [1.29, 1.82) is 0 Å². The second kappa shape index (κ2) is 45.9. The van der Waals surface area contributed by atoms with E-state index in [9.17, 15) is 19.2 Å². The van der Waals surface area contributed by atoms with Crippen LogP contribution in [0.25, 0.3) is 0 Å². The molecule has 648 valence electrons. The zero-order valence-corrected chi connectivity index (χ0v) is 80.6. The van der Waals surface area contributed by atoms with Crippen molar-refractivity contribution in [2.75, 3.05) is 79.3 Å². The van der Waals surface area contributed by atoms with Crippen LogP contribution in [0.2, 0.25) is 72.5 Å². The second-order valence-electron chi connectivity index (χ2n) is 37.9. The van der Waals surface area contributed by atoms with Crippen molar-refractivity contribution in [3.8, 4) is 23.0 Å². The van der Waals surface area contributed by atoms with Crippen LogP contribution in [0.4, 0.5) is 0 Å². The summed E-state index contributed by atoms with van der Waals surface area (Å²) in [5.74, 6) is 0.573. The molecule has 20 heteroatoms. The summed E-state index contributed by atoms with van der Waals surface area (Å²) in [5, 5.41) is 0.00768. The van der Waals surface area contributed by atoms with Crippen molar-refractivity contribution in [2.24, 2.45) is 0 Å². The minimum absolute atomic E-state index is 0.00192. The van der Waals surface area contributed by atoms with Gasteiger partial charge in [-0.05, 0) is 191 Å². The van der Waals surface area contributed by atoms with Crippen LogP contribution in [0.5, 0.6) is 23.0 Å². The minimum atomic E-state index is -2.09. The van der Waals surface area contributed by atoms with E-state index < -0.39 is 57.1 Å². The molecule has 4 aromatic carbocycles. The van der Waals surface area contributed by atoms with Crippen molar-refractivity contribution in [3.05, 3.63) is 164 Å². The summed E-state index contributed by atoms with van der Waals surface area (Å²) in [7, 11) is -8.36. The van der Waals surface area contributed by atoms with Crippen molar-refractivity contribution < 1.29 is 74.8 Å². The monoisotopic (exact) mass is 1670 g/mol. The Bertz CT molecular complexity index is 3330. The fourth-order valence-corrected chi connectivity index (χ4v) is 16.7. The lowest BCUT2D eigenvalue weighted by atomic mass is 9.87. The average Bonchev–Trinajstić information content (AvgIpc) is 0.770. The molecule has 0 aromatic heterocycles. The van der Waals surface area contributed by atoms with Crippen molar-refractivity contribution >= 4 is 57.1 Å². The number of fused-ring (bicyclic) bond motifs is 8. The van der Waals surface area contributed by atoms with Crippen molar-refractivity contribution in [3.63, 3.8) is 0 Å². The maximum atomic E-state index is 13.9. The Morgan fingerprint density at radius 2 is 0.448 bits per heavy atom. The van der Waals surface area contributed by atoms with Gasteiger partial charge in [-0.2, -0.15) is 0 Å². The highest BCUT2D eigenvalue weighted by molar-refractivity contribution is 6.75. The van der Waals surface area contributed by atoms with Gasteiger partial charge in [0.2, 0.25) is 0 Å². The van der Waals surface area contributed by atoms with E-state index in [4.69, 9.17) is 55.6 Å². The molecule has 8 bridgehead atoms. The molecule has 0 amide bonds. The maximum Gasteiger partial charge on any atom is 0.333 e. The molecule has 0 saturated heterocycles. The number of benzene rings is 4. The zero-order valence-electron chi connectivity index (χ0n) is 76.6. The van der Waals surface area contributed by atoms with Crippen molar-refractivity contribution in [2.45, 2.75) is 312 Å². The fourth-order valence-electron chi connectivity index (χ4n) is 12.5. The average molecular weight is 1670 g/mol. The van der Waals surface area contributed by atoms with Crippen LogP contribution in [0.1, 0.15) is 255 Å².